The molecule has 0 saturated heterocycles. The fourth-order valence-corrected chi connectivity index (χ4v) is 3.74. The maximum absolute atomic E-state index is 13.4. The molecule has 0 aromatic carbocycles. The number of methoxy groups -OCH3 is 1. The molecule has 0 spiro atoms. The summed E-state index contributed by atoms with van der Waals surface area (Å²) in [7, 11) is -1.95. The summed E-state index contributed by atoms with van der Waals surface area (Å²) < 4.78 is 68.4. The van der Waals surface area contributed by atoms with Gasteiger partial charge in [0.1, 0.15) is 5.76 Å². The van der Waals surface area contributed by atoms with E-state index in [0.717, 1.165) is 6.26 Å². The number of hydrogen-bond acceptors (Lipinski definition) is 4. The lowest BCUT2D eigenvalue weighted by Crippen LogP contribution is -2.12. The lowest BCUT2D eigenvalue weighted by molar-refractivity contribution is -0.0940. The van der Waals surface area contributed by atoms with Crippen LogP contribution in [0.2, 0.25) is 0 Å². The summed E-state index contributed by atoms with van der Waals surface area (Å²) in [5.41, 5.74) is 0.649. The van der Waals surface area contributed by atoms with Gasteiger partial charge in [0.2, 0.25) is 0 Å². The molecule has 1 heterocycles. The Morgan fingerprint density at radius 1 is 1.28 bits per heavy atom. The molecule has 3 rings (SSSR count). The summed E-state index contributed by atoms with van der Waals surface area (Å²) in [5.74, 6) is -0.0565. The van der Waals surface area contributed by atoms with Gasteiger partial charge in [-0.15, -0.1) is 0 Å². The third-order valence-electron chi connectivity index (χ3n) is 4.42. The number of pyridine rings is 1. The van der Waals surface area contributed by atoms with Crippen molar-refractivity contribution in [2.45, 2.75) is 29.8 Å². The highest BCUT2D eigenvalue weighted by Gasteiger charge is 2.44. The third kappa shape index (κ3) is 3.35. The van der Waals surface area contributed by atoms with Crippen LogP contribution in [0.3, 0.4) is 0 Å². The van der Waals surface area contributed by atoms with Crippen molar-refractivity contribution >= 4 is 9.84 Å². The number of rotatable bonds is 3. The number of allylic oxidation sites excluding steroid dienone is 5. The predicted octanol–water partition coefficient (Wildman–Crippen LogP) is 3.69. The molecular weight excluding hydrogens is 355 g/mol. The molecule has 0 saturated carbocycles. The fraction of sp³-hybridized carbons (Fsp3) is 0.353. The van der Waals surface area contributed by atoms with Crippen LogP contribution in [0, 0.1) is 0 Å². The average Bonchev–Trinajstić information content (AvgIpc) is 2.93. The van der Waals surface area contributed by atoms with Crippen molar-refractivity contribution in [2.24, 2.45) is 0 Å². The van der Waals surface area contributed by atoms with Crippen LogP contribution in [0.1, 0.15) is 24.5 Å². The van der Waals surface area contributed by atoms with Gasteiger partial charge in [-0.1, -0.05) is 0 Å². The summed E-state index contributed by atoms with van der Waals surface area (Å²) >= 11 is 0. The molecule has 2 aliphatic carbocycles. The van der Waals surface area contributed by atoms with Crippen LogP contribution in [0.4, 0.5) is 13.2 Å². The van der Waals surface area contributed by atoms with Crippen LogP contribution in [0.25, 0.3) is 0 Å². The molecule has 0 radical (unpaired) electrons. The molecule has 1 atom stereocenters. The Morgan fingerprint density at radius 2 is 2.00 bits per heavy atom. The van der Waals surface area contributed by atoms with Crippen molar-refractivity contribution < 1.29 is 26.3 Å². The molecule has 0 aliphatic heterocycles. The average molecular weight is 371 g/mol. The van der Waals surface area contributed by atoms with Gasteiger partial charge in [-0.05, 0) is 48.3 Å². The molecule has 1 aromatic heterocycles. The van der Waals surface area contributed by atoms with E-state index in [1.54, 1.807) is 12.2 Å². The van der Waals surface area contributed by atoms with E-state index < -0.39 is 27.5 Å². The van der Waals surface area contributed by atoms with Gasteiger partial charge in [0, 0.05) is 29.6 Å². The van der Waals surface area contributed by atoms with Gasteiger partial charge < -0.3 is 4.74 Å². The molecule has 1 unspecified atom stereocenters. The summed E-state index contributed by atoms with van der Waals surface area (Å²) in [6, 6.07) is 2.85. The Morgan fingerprint density at radius 3 is 2.52 bits per heavy atom. The second-order valence-corrected chi connectivity index (χ2v) is 8.03. The second-order valence-electron chi connectivity index (χ2n) is 6.02. The zero-order valence-corrected chi connectivity index (χ0v) is 14.4. The Hall–Kier alpha value is -2.09. The molecular formula is C17H16F3NO3S. The number of aromatic nitrogens is 1. The Labute approximate surface area is 143 Å². The lowest BCUT2D eigenvalue weighted by atomic mass is 9.90. The van der Waals surface area contributed by atoms with Crippen molar-refractivity contribution in [3.63, 3.8) is 0 Å². The first-order valence-corrected chi connectivity index (χ1v) is 9.41. The Kier molecular flexibility index (Phi) is 4.26. The van der Waals surface area contributed by atoms with E-state index in [9.17, 15) is 21.6 Å². The summed E-state index contributed by atoms with van der Waals surface area (Å²) in [6.07, 6.45) is 1.00. The number of halogens is 3. The number of ether oxygens (including phenoxy) is 1. The van der Waals surface area contributed by atoms with E-state index in [2.05, 4.69) is 4.98 Å². The van der Waals surface area contributed by atoms with Gasteiger partial charge in [0.15, 0.2) is 9.84 Å². The smallest absolute Gasteiger partial charge is 0.413 e. The van der Waals surface area contributed by atoms with Crippen LogP contribution in [-0.2, 0) is 14.6 Å². The molecule has 8 heteroatoms. The van der Waals surface area contributed by atoms with Crippen LogP contribution in [0.5, 0.6) is 0 Å². The SMILES string of the molecule is COC1=CCC2=C(C(F)(F)F)CC(c3ccc(S(C)(=O)=O)cn3)C2=C1. The van der Waals surface area contributed by atoms with E-state index in [1.165, 1.54) is 25.4 Å². The quantitative estimate of drug-likeness (QED) is 0.813. The summed E-state index contributed by atoms with van der Waals surface area (Å²) in [4.78, 5) is 4.15. The number of nitrogens with zero attached hydrogens (tertiary/aromatic N) is 1. The van der Waals surface area contributed by atoms with Crippen molar-refractivity contribution in [2.75, 3.05) is 13.4 Å². The molecule has 2 aliphatic rings. The fourth-order valence-electron chi connectivity index (χ4n) is 3.18. The lowest BCUT2D eigenvalue weighted by Gasteiger charge is -2.18. The zero-order chi connectivity index (χ0) is 18.4. The number of sulfone groups is 1. The molecule has 0 bridgehead atoms. The van der Waals surface area contributed by atoms with E-state index in [1.807, 2.05) is 0 Å². The minimum Gasteiger partial charge on any atom is -0.497 e. The van der Waals surface area contributed by atoms with Gasteiger partial charge in [-0.3, -0.25) is 4.98 Å². The van der Waals surface area contributed by atoms with Crippen LogP contribution < -0.4 is 0 Å². The largest absolute Gasteiger partial charge is 0.497 e. The minimum atomic E-state index is -4.41. The highest BCUT2D eigenvalue weighted by atomic mass is 32.2. The molecule has 1 aromatic rings. The monoisotopic (exact) mass is 371 g/mol. The van der Waals surface area contributed by atoms with E-state index >= 15 is 0 Å². The molecule has 25 heavy (non-hydrogen) atoms. The van der Waals surface area contributed by atoms with Crippen LogP contribution in [0.15, 0.2) is 57.9 Å². The van der Waals surface area contributed by atoms with Gasteiger partial charge in [0.05, 0.1) is 12.0 Å². The van der Waals surface area contributed by atoms with Crippen molar-refractivity contribution in [1.82, 2.24) is 4.98 Å². The maximum atomic E-state index is 13.4. The Balaban J connectivity index is 2.03. The number of fused-ring (bicyclic) bond motifs is 1. The highest BCUT2D eigenvalue weighted by molar-refractivity contribution is 7.90. The topological polar surface area (TPSA) is 56.3 Å². The van der Waals surface area contributed by atoms with Crippen molar-refractivity contribution in [1.29, 1.82) is 0 Å². The van der Waals surface area contributed by atoms with Crippen LogP contribution in [-0.4, -0.2) is 32.9 Å². The van der Waals surface area contributed by atoms with E-state index in [0.29, 0.717) is 17.0 Å². The standard InChI is InChI=1S/C17H16F3NO3S/c1-24-10-3-5-12-13(7-10)14(8-15(12)17(18,19)20)16-6-4-11(9-21-16)25(2,22)23/h3-4,6-7,9,14H,5,8H2,1-2H3. The summed E-state index contributed by atoms with van der Waals surface area (Å²) in [6.45, 7) is 0. The number of alkyl halides is 3. The van der Waals surface area contributed by atoms with Crippen LogP contribution >= 0.6 is 0 Å². The maximum Gasteiger partial charge on any atom is 0.413 e. The first-order valence-electron chi connectivity index (χ1n) is 7.52. The van der Waals surface area contributed by atoms with E-state index in [4.69, 9.17) is 4.74 Å². The predicted molar refractivity (Wildman–Crippen MR) is 85.6 cm³/mol. The van der Waals surface area contributed by atoms with E-state index in [-0.39, 0.29) is 23.3 Å². The molecule has 0 fully saturated rings. The first-order chi connectivity index (χ1) is 11.6. The molecule has 0 amide bonds. The van der Waals surface area contributed by atoms with Gasteiger partial charge >= 0.3 is 6.18 Å². The molecule has 134 valence electrons. The minimum absolute atomic E-state index is 0.0357. The van der Waals surface area contributed by atoms with Crippen molar-refractivity contribution in [3.8, 4) is 0 Å². The first kappa shape index (κ1) is 17.7. The third-order valence-corrected chi connectivity index (χ3v) is 5.52. The highest BCUT2D eigenvalue weighted by Crippen LogP contribution is 2.51. The normalized spacial score (nSPS) is 20.9. The number of hydrogen-bond donors (Lipinski definition) is 0. The zero-order valence-electron chi connectivity index (χ0n) is 13.6. The van der Waals surface area contributed by atoms with Crippen molar-refractivity contribution in [3.05, 3.63) is 58.7 Å². The van der Waals surface area contributed by atoms with Gasteiger partial charge in [-0.25, -0.2) is 8.42 Å². The molecule has 0 N–H and O–H groups in total. The summed E-state index contributed by atoms with van der Waals surface area (Å²) in [5, 5.41) is 0. The van der Waals surface area contributed by atoms with Gasteiger partial charge in [0.25, 0.3) is 0 Å². The van der Waals surface area contributed by atoms with Gasteiger partial charge in [-0.2, -0.15) is 13.2 Å². The molecule has 4 nitrogen and oxygen atoms in total. The second kappa shape index (κ2) is 6.01. The Bertz CT molecular complexity index is 894.